The van der Waals surface area contributed by atoms with Crippen molar-refractivity contribution >= 4 is 12.0 Å². The molecule has 1 heterocycles. The molecule has 6 nitrogen and oxygen atoms in total. The highest BCUT2D eigenvalue weighted by atomic mass is 16.7. The van der Waals surface area contributed by atoms with Gasteiger partial charge < -0.3 is 20.1 Å². The van der Waals surface area contributed by atoms with Crippen LogP contribution >= 0.6 is 0 Å². The van der Waals surface area contributed by atoms with Gasteiger partial charge in [-0.25, -0.2) is 4.79 Å². The summed E-state index contributed by atoms with van der Waals surface area (Å²) < 4.78 is 9.14. The maximum atomic E-state index is 10.4. The third-order valence-corrected chi connectivity index (χ3v) is 1.93. The number of anilines is 1. The summed E-state index contributed by atoms with van der Waals surface area (Å²) in [6, 6.07) is 8.89. The van der Waals surface area contributed by atoms with Crippen molar-refractivity contribution in [2.45, 2.75) is 0 Å². The second kappa shape index (κ2) is 3.93. The summed E-state index contributed by atoms with van der Waals surface area (Å²) in [5.41, 5.74) is 6.56. The molecule has 0 amide bonds. The van der Waals surface area contributed by atoms with Crippen molar-refractivity contribution in [2.24, 2.45) is 0 Å². The number of nitrogen functional groups attached to an aromatic ring is 1. The van der Waals surface area contributed by atoms with Gasteiger partial charge >= 0.3 is 6.16 Å². The number of carbonyl (C=O) groups is 1. The topological polar surface area (TPSA) is 98.6 Å². The van der Waals surface area contributed by atoms with Crippen LogP contribution in [-0.4, -0.2) is 16.4 Å². The highest BCUT2D eigenvalue weighted by molar-refractivity contribution is 5.79. The first-order valence-electron chi connectivity index (χ1n) is 4.40. The molecule has 0 atom stereocenters. The van der Waals surface area contributed by atoms with Gasteiger partial charge in [-0.15, -0.1) is 0 Å². The van der Waals surface area contributed by atoms with Gasteiger partial charge in [0.2, 0.25) is 5.88 Å². The van der Waals surface area contributed by atoms with E-state index in [1.165, 1.54) is 0 Å². The van der Waals surface area contributed by atoms with Crippen LogP contribution in [0.4, 0.5) is 10.7 Å². The molecule has 0 aliphatic carbocycles. The first kappa shape index (κ1) is 10.0. The molecule has 1 aromatic heterocycles. The van der Waals surface area contributed by atoms with Crippen molar-refractivity contribution in [2.75, 3.05) is 5.73 Å². The van der Waals surface area contributed by atoms with Crippen LogP contribution < -0.4 is 10.5 Å². The van der Waals surface area contributed by atoms with Crippen LogP contribution in [0.2, 0.25) is 0 Å². The zero-order valence-electron chi connectivity index (χ0n) is 8.08. The second-order valence-electron chi connectivity index (χ2n) is 2.96. The zero-order chi connectivity index (χ0) is 11.5. The lowest BCUT2D eigenvalue weighted by Gasteiger charge is -2.00. The standard InChI is InChI=1S/C10H8N2O4/c11-8-7(6-4-2-1-3-5-6)9(12-16-8)15-10(13)14/h1-5H,11H2,(H,13,14). The Balaban J connectivity index is 2.47. The summed E-state index contributed by atoms with van der Waals surface area (Å²) in [5.74, 6) is -0.140. The Morgan fingerprint density at radius 3 is 2.69 bits per heavy atom. The summed E-state index contributed by atoms with van der Waals surface area (Å²) in [5, 5.41) is 11.9. The minimum atomic E-state index is -1.47. The summed E-state index contributed by atoms with van der Waals surface area (Å²) in [4.78, 5) is 10.4. The van der Waals surface area contributed by atoms with Crippen LogP contribution in [0.5, 0.6) is 5.88 Å². The van der Waals surface area contributed by atoms with E-state index in [0.29, 0.717) is 11.1 Å². The van der Waals surface area contributed by atoms with E-state index in [4.69, 9.17) is 15.4 Å². The summed E-state index contributed by atoms with van der Waals surface area (Å²) in [6.45, 7) is 0. The molecule has 0 fully saturated rings. The Labute approximate surface area is 90.2 Å². The molecule has 0 aliphatic heterocycles. The van der Waals surface area contributed by atoms with Gasteiger partial charge in [0, 0.05) is 0 Å². The monoisotopic (exact) mass is 220 g/mol. The Hall–Kier alpha value is -2.50. The predicted octanol–water partition coefficient (Wildman–Crippen LogP) is 1.98. The first-order valence-corrected chi connectivity index (χ1v) is 4.40. The maximum Gasteiger partial charge on any atom is 0.512 e. The average molecular weight is 220 g/mol. The molecule has 6 heteroatoms. The second-order valence-corrected chi connectivity index (χ2v) is 2.96. The van der Waals surface area contributed by atoms with Crippen LogP contribution in [0, 0.1) is 0 Å². The van der Waals surface area contributed by atoms with Gasteiger partial charge in [0.05, 0.1) is 0 Å². The molecule has 2 rings (SSSR count). The van der Waals surface area contributed by atoms with E-state index in [1.807, 2.05) is 6.07 Å². The van der Waals surface area contributed by atoms with Gasteiger partial charge in [-0.2, -0.15) is 0 Å². The number of nitrogens with zero attached hydrogens (tertiary/aromatic N) is 1. The third-order valence-electron chi connectivity index (χ3n) is 1.93. The molecule has 0 aliphatic rings. The van der Waals surface area contributed by atoms with E-state index < -0.39 is 6.16 Å². The molecule has 0 saturated carbocycles. The lowest BCUT2D eigenvalue weighted by molar-refractivity contribution is 0.140. The van der Waals surface area contributed by atoms with Gasteiger partial charge in [0.15, 0.2) is 0 Å². The van der Waals surface area contributed by atoms with Crippen LogP contribution in [0.25, 0.3) is 11.1 Å². The van der Waals surface area contributed by atoms with Gasteiger partial charge in [0.1, 0.15) is 5.56 Å². The molecule has 0 spiro atoms. The molecule has 0 bridgehead atoms. The molecular weight excluding hydrogens is 212 g/mol. The largest absolute Gasteiger partial charge is 0.512 e. The van der Waals surface area contributed by atoms with Crippen molar-refractivity contribution in [3.8, 4) is 17.0 Å². The predicted molar refractivity (Wildman–Crippen MR) is 55.0 cm³/mol. The summed E-state index contributed by atoms with van der Waals surface area (Å²) in [6.07, 6.45) is -1.47. The number of benzene rings is 1. The van der Waals surface area contributed by atoms with Crippen molar-refractivity contribution in [1.82, 2.24) is 5.16 Å². The maximum absolute atomic E-state index is 10.4. The lowest BCUT2D eigenvalue weighted by atomic mass is 10.1. The fourth-order valence-corrected chi connectivity index (χ4v) is 1.31. The van der Waals surface area contributed by atoms with E-state index >= 15 is 0 Å². The Kier molecular flexibility index (Phi) is 2.47. The van der Waals surface area contributed by atoms with Crippen molar-refractivity contribution in [3.05, 3.63) is 30.3 Å². The normalized spacial score (nSPS) is 10.0. The molecule has 0 saturated heterocycles. The van der Waals surface area contributed by atoms with Gasteiger partial charge in [-0.1, -0.05) is 30.3 Å². The highest BCUT2D eigenvalue weighted by Crippen LogP contribution is 2.34. The molecule has 16 heavy (non-hydrogen) atoms. The third kappa shape index (κ3) is 1.81. The number of ether oxygens (including phenoxy) is 1. The van der Waals surface area contributed by atoms with Crippen LogP contribution in [0.1, 0.15) is 0 Å². The minimum absolute atomic E-state index is 0.0162. The minimum Gasteiger partial charge on any atom is -0.449 e. The van der Waals surface area contributed by atoms with Crippen molar-refractivity contribution in [1.29, 1.82) is 0 Å². The fourth-order valence-electron chi connectivity index (χ4n) is 1.31. The number of rotatable bonds is 2. The first-order chi connectivity index (χ1) is 7.68. The number of carboxylic acid groups (broad SMARTS) is 1. The van der Waals surface area contributed by atoms with E-state index in [-0.39, 0.29) is 11.8 Å². The van der Waals surface area contributed by atoms with Crippen molar-refractivity contribution in [3.63, 3.8) is 0 Å². The number of hydrogen-bond acceptors (Lipinski definition) is 5. The number of aromatic nitrogens is 1. The van der Waals surface area contributed by atoms with Crippen LogP contribution in [-0.2, 0) is 0 Å². The summed E-state index contributed by atoms with van der Waals surface area (Å²) >= 11 is 0. The van der Waals surface area contributed by atoms with E-state index in [2.05, 4.69) is 9.89 Å². The van der Waals surface area contributed by atoms with Gasteiger partial charge in [-0.05, 0) is 10.7 Å². The van der Waals surface area contributed by atoms with Crippen LogP contribution in [0.15, 0.2) is 34.9 Å². The van der Waals surface area contributed by atoms with E-state index in [1.54, 1.807) is 24.3 Å². The SMILES string of the molecule is Nc1onc(OC(=O)O)c1-c1ccccc1. The molecule has 82 valence electrons. The quantitative estimate of drug-likeness (QED) is 0.751. The molecular formula is C10H8N2O4. The molecule has 1 aromatic carbocycles. The van der Waals surface area contributed by atoms with Crippen LogP contribution in [0.3, 0.4) is 0 Å². The van der Waals surface area contributed by atoms with E-state index in [0.717, 1.165) is 0 Å². The highest BCUT2D eigenvalue weighted by Gasteiger charge is 2.19. The van der Waals surface area contributed by atoms with Crippen molar-refractivity contribution < 1.29 is 19.2 Å². The Morgan fingerprint density at radius 2 is 2.06 bits per heavy atom. The molecule has 0 radical (unpaired) electrons. The summed E-state index contributed by atoms with van der Waals surface area (Å²) in [7, 11) is 0. The molecule has 3 N–H and O–H groups in total. The number of nitrogens with two attached hydrogens (primary N) is 1. The number of hydrogen-bond donors (Lipinski definition) is 2. The zero-order valence-corrected chi connectivity index (χ0v) is 8.08. The fraction of sp³-hybridized carbons (Fsp3) is 0. The van der Waals surface area contributed by atoms with Gasteiger partial charge in [-0.3, -0.25) is 0 Å². The Morgan fingerprint density at radius 1 is 1.38 bits per heavy atom. The van der Waals surface area contributed by atoms with Gasteiger partial charge in [0.25, 0.3) is 5.88 Å². The lowest BCUT2D eigenvalue weighted by Crippen LogP contribution is -2.04. The van der Waals surface area contributed by atoms with E-state index in [9.17, 15) is 4.79 Å². The smallest absolute Gasteiger partial charge is 0.449 e. The molecule has 2 aromatic rings. The average Bonchev–Trinajstić information content (AvgIpc) is 2.60. The molecule has 0 unspecified atom stereocenters. The Bertz CT molecular complexity index is 507.